The summed E-state index contributed by atoms with van der Waals surface area (Å²) in [6.07, 6.45) is 5.67. The Morgan fingerprint density at radius 1 is 1.02 bits per heavy atom. The van der Waals surface area contributed by atoms with Crippen molar-refractivity contribution in [2.75, 3.05) is 19.4 Å². The first-order valence-corrected chi connectivity index (χ1v) is 15.1. The zero-order valence-corrected chi connectivity index (χ0v) is 24.0. The molecule has 40 heavy (non-hydrogen) atoms. The first-order chi connectivity index (χ1) is 19.0. The van der Waals surface area contributed by atoms with Gasteiger partial charge in [0, 0.05) is 34.9 Å². The Hall–Kier alpha value is -3.21. The van der Waals surface area contributed by atoms with Gasteiger partial charge in [0.25, 0.3) is 0 Å². The number of nitrogens with zero attached hydrogens (tertiary/aromatic N) is 4. The van der Waals surface area contributed by atoms with E-state index < -0.39 is 27.2 Å². The second-order valence-electron chi connectivity index (χ2n) is 10.4. The van der Waals surface area contributed by atoms with Crippen LogP contribution in [-0.2, 0) is 15.6 Å². The molecule has 210 valence electrons. The van der Waals surface area contributed by atoms with Gasteiger partial charge in [0.15, 0.2) is 9.84 Å². The second-order valence-corrected chi connectivity index (χ2v) is 12.8. The van der Waals surface area contributed by atoms with Gasteiger partial charge in [0.1, 0.15) is 22.9 Å². The maximum atomic E-state index is 15.3. The molecule has 1 fully saturated rings. The Kier molecular flexibility index (Phi) is 8.03. The smallest absolute Gasteiger partial charge is 0.223 e. The summed E-state index contributed by atoms with van der Waals surface area (Å²) in [5.74, 6) is -1.66. The van der Waals surface area contributed by atoms with Crippen molar-refractivity contribution in [2.24, 2.45) is 0 Å². The summed E-state index contributed by atoms with van der Waals surface area (Å²) in [6, 6.07) is 10.9. The fourth-order valence-corrected chi connectivity index (χ4v) is 7.08. The fourth-order valence-electron chi connectivity index (χ4n) is 5.22. The molecule has 0 aliphatic heterocycles. The highest BCUT2D eigenvalue weighted by atomic mass is 35.5. The summed E-state index contributed by atoms with van der Waals surface area (Å²) >= 11 is 6.04. The predicted octanol–water partition coefficient (Wildman–Crippen LogP) is 6.19. The van der Waals surface area contributed by atoms with E-state index in [1.54, 1.807) is 31.3 Å². The number of anilines is 1. The lowest BCUT2D eigenvalue weighted by atomic mass is 9.90. The standard InChI is InChI=1S/C29H30ClF2N5O2S/c1-17-22(14-24(31)26(34-17)16-40(38,39)27-7-5-4-6-23(27)30)18-12-19-15-33-29(36-28(19)25(32)13-18)35-20-8-10-21(11-9-20)37(2)3/h4-7,12-15,20-21H,8-11,16H2,1-3H3,(H,33,35,36). The summed E-state index contributed by atoms with van der Waals surface area (Å²) in [6.45, 7) is 1.62. The van der Waals surface area contributed by atoms with Gasteiger partial charge in [0.05, 0.1) is 15.6 Å². The van der Waals surface area contributed by atoms with Crippen molar-refractivity contribution in [3.8, 4) is 11.1 Å². The first kappa shape index (κ1) is 28.3. The van der Waals surface area contributed by atoms with E-state index >= 15 is 8.78 Å². The Morgan fingerprint density at radius 2 is 1.75 bits per heavy atom. The van der Waals surface area contributed by atoms with Crippen molar-refractivity contribution in [2.45, 2.75) is 55.3 Å². The largest absolute Gasteiger partial charge is 0.351 e. The van der Waals surface area contributed by atoms with Gasteiger partial charge < -0.3 is 10.2 Å². The molecular weight excluding hydrogens is 556 g/mol. The van der Waals surface area contributed by atoms with Crippen LogP contribution in [0.1, 0.15) is 37.1 Å². The highest BCUT2D eigenvalue weighted by Gasteiger charge is 2.24. The number of pyridine rings is 1. The van der Waals surface area contributed by atoms with Gasteiger partial charge in [-0.3, -0.25) is 4.98 Å². The maximum Gasteiger partial charge on any atom is 0.223 e. The van der Waals surface area contributed by atoms with Crippen molar-refractivity contribution in [3.63, 3.8) is 0 Å². The molecule has 0 amide bonds. The molecule has 1 N–H and O–H groups in total. The number of aryl methyl sites for hydroxylation is 1. The molecule has 0 radical (unpaired) electrons. The highest BCUT2D eigenvalue weighted by Crippen LogP contribution is 2.31. The topological polar surface area (TPSA) is 88.1 Å². The van der Waals surface area contributed by atoms with Gasteiger partial charge in [-0.05, 0) is 82.6 Å². The van der Waals surface area contributed by atoms with Crippen molar-refractivity contribution >= 4 is 38.3 Å². The predicted molar refractivity (Wildman–Crippen MR) is 153 cm³/mol. The minimum atomic E-state index is -3.94. The fraction of sp³-hybridized carbons (Fsp3) is 0.345. The van der Waals surface area contributed by atoms with Crippen LogP contribution in [0.4, 0.5) is 14.7 Å². The summed E-state index contributed by atoms with van der Waals surface area (Å²) in [7, 11) is 0.248. The molecular formula is C29H30ClF2N5O2S. The number of aromatic nitrogens is 3. The van der Waals surface area contributed by atoms with E-state index in [4.69, 9.17) is 11.6 Å². The van der Waals surface area contributed by atoms with Crippen molar-refractivity contribution in [3.05, 3.63) is 76.7 Å². The molecule has 0 unspecified atom stereocenters. The van der Waals surface area contributed by atoms with Crippen LogP contribution in [-0.4, -0.2) is 54.4 Å². The lowest BCUT2D eigenvalue weighted by Gasteiger charge is -2.32. The van der Waals surface area contributed by atoms with Crippen molar-refractivity contribution in [1.29, 1.82) is 0 Å². The number of nitrogens with one attached hydrogen (secondary N) is 1. The average Bonchev–Trinajstić information content (AvgIpc) is 2.91. The van der Waals surface area contributed by atoms with E-state index in [0.29, 0.717) is 34.2 Å². The molecule has 1 saturated carbocycles. The van der Waals surface area contributed by atoms with Crippen LogP contribution in [0.5, 0.6) is 0 Å². The van der Waals surface area contributed by atoms with E-state index in [0.717, 1.165) is 25.7 Å². The zero-order chi connectivity index (χ0) is 28.6. The molecule has 1 aliphatic rings. The average molecular weight is 586 g/mol. The quantitative estimate of drug-likeness (QED) is 0.277. The lowest BCUT2D eigenvalue weighted by Crippen LogP contribution is -2.36. The van der Waals surface area contributed by atoms with Crippen LogP contribution in [0.15, 0.2) is 53.6 Å². The number of rotatable bonds is 7. The van der Waals surface area contributed by atoms with Gasteiger partial charge in [-0.2, -0.15) is 0 Å². The SMILES string of the molecule is Cc1nc(CS(=O)(=O)c2ccccc2Cl)c(F)cc1-c1cc(F)c2nc(NC3CCC(N(C)C)CC3)ncc2c1. The minimum Gasteiger partial charge on any atom is -0.351 e. The van der Waals surface area contributed by atoms with Crippen LogP contribution < -0.4 is 5.32 Å². The molecule has 2 aromatic heterocycles. The molecule has 0 bridgehead atoms. The summed E-state index contributed by atoms with van der Waals surface area (Å²) in [5.41, 5.74) is 1.02. The van der Waals surface area contributed by atoms with Crippen molar-refractivity contribution in [1.82, 2.24) is 19.9 Å². The number of fused-ring (bicyclic) bond motifs is 1. The Labute approximate surface area is 237 Å². The summed E-state index contributed by atoms with van der Waals surface area (Å²) in [5, 5.41) is 3.85. The van der Waals surface area contributed by atoms with E-state index in [1.165, 1.54) is 24.3 Å². The number of hydrogen-bond donors (Lipinski definition) is 1. The van der Waals surface area contributed by atoms with Gasteiger partial charge in [-0.15, -0.1) is 0 Å². The number of benzene rings is 2. The Bertz CT molecular complexity index is 1680. The van der Waals surface area contributed by atoms with Crippen LogP contribution in [0.2, 0.25) is 5.02 Å². The third-order valence-corrected chi connectivity index (χ3v) is 9.57. The van der Waals surface area contributed by atoms with Crippen LogP contribution >= 0.6 is 11.6 Å². The van der Waals surface area contributed by atoms with Gasteiger partial charge in [-0.1, -0.05) is 23.7 Å². The van der Waals surface area contributed by atoms with Gasteiger partial charge >= 0.3 is 0 Å². The third kappa shape index (κ3) is 5.94. The highest BCUT2D eigenvalue weighted by molar-refractivity contribution is 7.90. The Morgan fingerprint density at radius 3 is 2.45 bits per heavy atom. The van der Waals surface area contributed by atoms with Gasteiger partial charge in [0.2, 0.25) is 5.95 Å². The maximum absolute atomic E-state index is 15.3. The number of sulfone groups is 1. The molecule has 2 aromatic carbocycles. The summed E-state index contributed by atoms with van der Waals surface area (Å²) < 4.78 is 56.1. The molecule has 0 saturated heterocycles. The molecule has 11 heteroatoms. The van der Waals surface area contributed by atoms with Crippen LogP contribution in [0.3, 0.4) is 0 Å². The molecule has 1 aliphatic carbocycles. The van der Waals surface area contributed by atoms with Crippen LogP contribution in [0.25, 0.3) is 22.0 Å². The monoisotopic (exact) mass is 585 g/mol. The molecule has 2 heterocycles. The normalized spacial score (nSPS) is 17.9. The molecule has 7 nitrogen and oxygen atoms in total. The first-order valence-electron chi connectivity index (χ1n) is 13.0. The molecule has 5 rings (SSSR count). The number of halogens is 3. The van der Waals surface area contributed by atoms with E-state index in [-0.39, 0.29) is 27.2 Å². The van der Waals surface area contributed by atoms with E-state index in [1.807, 2.05) is 0 Å². The zero-order valence-electron chi connectivity index (χ0n) is 22.5. The second kappa shape index (κ2) is 11.3. The van der Waals surface area contributed by atoms with Crippen LogP contribution in [0, 0.1) is 18.6 Å². The minimum absolute atomic E-state index is 0.0557. The summed E-state index contributed by atoms with van der Waals surface area (Å²) in [4.78, 5) is 15.2. The van der Waals surface area contributed by atoms with Crippen molar-refractivity contribution < 1.29 is 17.2 Å². The molecule has 4 aromatic rings. The lowest BCUT2D eigenvalue weighted by molar-refractivity contribution is 0.221. The Balaban J connectivity index is 1.38. The van der Waals surface area contributed by atoms with E-state index in [2.05, 4.69) is 39.3 Å². The number of hydrogen-bond acceptors (Lipinski definition) is 7. The molecule has 0 spiro atoms. The molecule has 0 atom stereocenters. The van der Waals surface area contributed by atoms with E-state index in [9.17, 15) is 8.42 Å². The van der Waals surface area contributed by atoms with Gasteiger partial charge in [-0.25, -0.2) is 27.2 Å². The third-order valence-electron chi connectivity index (χ3n) is 7.45.